The Bertz CT molecular complexity index is 123. The molecule has 1 heterocycles. The first kappa shape index (κ1) is 16.2. The smallest absolute Gasteiger partial charge is 0.314 e. The molecule has 1 fully saturated rings. The van der Waals surface area contributed by atoms with Gasteiger partial charge in [0.2, 0.25) is 0 Å². The minimum atomic E-state index is -4.00. The normalized spacial score (nSPS) is 25.7. The molecule has 1 nitrogen and oxygen atoms in total. The lowest BCUT2D eigenvalue weighted by molar-refractivity contribution is -0.169. The van der Waals surface area contributed by atoms with E-state index in [1.807, 2.05) is 27.7 Å². The van der Waals surface area contributed by atoms with Crippen LogP contribution in [0.3, 0.4) is 0 Å². The molecule has 0 aromatic rings. The van der Waals surface area contributed by atoms with Crippen LogP contribution >= 0.6 is 0 Å². The second-order valence-electron chi connectivity index (χ2n) is 2.78. The molecule has 88 valence electrons. The predicted molar refractivity (Wildman–Crippen MR) is 54.3 cm³/mol. The molecule has 0 bridgehead atoms. The van der Waals surface area contributed by atoms with Crippen molar-refractivity contribution < 1.29 is 13.2 Å². The molecule has 2 atom stereocenters. The second kappa shape index (κ2) is 8.09. The van der Waals surface area contributed by atoms with Crippen LogP contribution in [0.25, 0.3) is 0 Å². The van der Waals surface area contributed by atoms with Crippen molar-refractivity contribution in [2.24, 2.45) is 5.92 Å². The average Bonchev–Trinajstić information content (AvgIpc) is 2.58. The fraction of sp³-hybridized carbons (Fsp3) is 1.00. The summed E-state index contributed by atoms with van der Waals surface area (Å²) in [7, 11) is 0. The molecule has 0 aromatic heterocycles. The minimum absolute atomic E-state index is 0.0200. The van der Waals surface area contributed by atoms with Gasteiger partial charge in [-0.15, -0.1) is 0 Å². The summed E-state index contributed by atoms with van der Waals surface area (Å²) in [4.78, 5) is 0. The van der Waals surface area contributed by atoms with E-state index in [4.69, 9.17) is 0 Å². The number of alkyl halides is 3. The van der Waals surface area contributed by atoms with Crippen molar-refractivity contribution in [1.29, 1.82) is 0 Å². The molecule has 0 aliphatic carbocycles. The van der Waals surface area contributed by atoms with E-state index in [2.05, 4.69) is 5.32 Å². The van der Waals surface area contributed by atoms with Crippen molar-refractivity contribution in [3.8, 4) is 0 Å². The monoisotopic (exact) mass is 213 g/mol. The van der Waals surface area contributed by atoms with Crippen LogP contribution in [0.15, 0.2) is 0 Å². The van der Waals surface area contributed by atoms with Gasteiger partial charge < -0.3 is 5.32 Å². The van der Waals surface area contributed by atoms with Gasteiger partial charge >= 0.3 is 6.18 Å². The maximum Gasteiger partial charge on any atom is 0.393 e. The lowest BCUT2D eigenvalue weighted by Gasteiger charge is -2.12. The van der Waals surface area contributed by atoms with Gasteiger partial charge in [0.15, 0.2) is 0 Å². The summed E-state index contributed by atoms with van der Waals surface area (Å²) < 4.78 is 35.7. The van der Waals surface area contributed by atoms with Crippen LogP contribution in [0.2, 0.25) is 0 Å². The highest BCUT2D eigenvalue weighted by Crippen LogP contribution is 2.32. The molecule has 0 amide bonds. The summed E-state index contributed by atoms with van der Waals surface area (Å²) in [5.41, 5.74) is 0. The molecular formula is C10H22F3N. The zero-order valence-corrected chi connectivity index (χ0v) is 9.70. The zero-order valence-electron chi connectivity index (χ0n) is 9.70. The van der Waals surface area contributed by atoms with Gasteiger partial charge in [0.25, 0.3) is 0 Å². The third kappa shape index (κ3) is 6.24. The molecule has 1 aliphatic rings. The molecule has 0 aromatic carbocycles. The number of hydrogen-bond donors (Lipinski definition) is 1. The summed E-state index contributed by atoms with van der Waals surface area (Å²) >= 11 is 0. The van der Waals surface area contributed by atoms with E-state index in [0.29, 0.717) is 0 Å². The third-order valence-corrected chi connectivity index (χ3v) is 1.81. The Hall–Kier alpha value is -0.250. The third-order valence-electron chi connectivity index (χ3n) is 1.81. The standard InChI is InChI=1S/C6H10F3N.2C2H6/c1-4-2-5(3-10-4)6(7,8)9;2*1-2/h4-5,10H,2-3H2,1H3;2*1-2H3. The molecule has 14 heavy (non-hydrogen) atoms. The number of halogens is 3. The minimum Gasteiger partial charge on any atom is -0.314 e. The van der Waals surface area contributed by atoms with Crippen LogP contribution in [0.1, 0.15) is 41.0 Å². The van der Waals surface area contributed by atoms with Gasteiger partial charge in [-0.1, -0.05) is 27.7 Å². The Morgan fingerprint density at radius 1 is 1.07 bits per heavy atom. The number of hydrogen-bond acceptors (Lipinski definition) is 1. The summed E-state index contributed by atoms with van der Waals surface area (Å²) in [6.07, 6.45) is -3.78. The van der Waals surface area contributed by atoms with E-state index >= 15 is 0 Å². The van der Waals surface area contributed by atoms with Gasteiger partial charge in [-0.25, -0.2) is 0 Å². The molecule has 1 N–H and O–H groups in total. The molecule has 2 unspecified atom stereocenters. The van der Waals surface area contributed by atoms with Crippen molar-refractivity contribution in [2.75, 3.05) is 6.54 Å². The number of nitrogens with one attached hydrogen (secondary N) is 1. The lowest BCUT2D eigenvalue weighted by Crippen LogP contribution is -2.24. The first-order valence-electron chi connectivity index (χ1n) is 5.30. The molecule has 1 aliphatic heterocycles. The molecule has 0 radical (unpaired) electrons. The van der Waals surface area contributed by atoms with Gasteiger partial charge in [-0.2, -0.15) is 13.2 Å². The van der Waals surface area contributed by atoms with Crippen molar-refractivity contribution in [3.05, 3.63) is 0 Å². The summed E-state index contributed by atoms with van der Waals surface area (Å²) in [6, 6.07) is 0.0200. The quantitative estimate of drug-likeness (QED) is 0.648. The van der Waals surface area contributed by atoms with Crippen LogP contribution < -0.4 is 5.32 Å². The largest absolute Gasteiger partial charge is 0.393 e. The SMILES string of the molecule is CC.CC.CC1CC(C(F)(F)F)CN1. The molecular weight excluding hydrogens is 191 g/mol. The summed E-state index contributed by atoms with van der Waals surface area (Å²) in [5, 5.41) is 2.76. The number of rotatable bonds is 0. The Morgan fingerprint density at radius 3 is 1.64 bits per heavy atom. The molecule has 4 heteroatoms. The van der Waals surface area contributed by atoms with Crippen LogP contribution in [0, 0.1) is 5.92 Å². The van der Waals surface area contributed by atoms with Crippen LogP contribution in [0.5, 0.6) is 0 Å². The molecule has 1 saturated heterocycles. The zero-order chi connectivity index (χ0) is 11.8. The first-order valence-corrected chi connectivity index (χ1v) is 5.30. The van der Waals surface area contributed by atoms with Gasteiger partial charge in [0.05, 0.1) is 5.92 Å². The van der Waals surface area contributed by atoms with E-state index in [9.17, 15) is 13.2 Å². The van der Waals surface area contributed by atoms with E-state index in [1.165, 1.54) is 0 Å². The highest BCUT2D eigenvalue weighted by Gasteiger charge is 2.42. The maximum atomic E-state index is 11.9. The summed E-state index contributed by atoms with van der Waals surface area (Å²) in [5.74, 6) is -1.12. The van der Waals surface area contributed by atoms with Gasteiger partial charge in [-0.3, -0.25) is 0 Å². The first-order chi connectivity index (χ1) is 6.50. The van der Waals surface area contributed by atoms with Crippen LogP contribution in [-0.4, -0.2) is 18.8 Å². The van der Waals surface area contributed by atoms with Crippen molar-refractivity contribution >= 4 is 0 Å². The average molecular weight is 213 g/mol. The maximum absolute atomic E-state index is 11.9. The van der Waals surface area contributed by atoms with E-state index in [0.717, 1.165) is 0 Å². The van der Waals surface area contributed by atoms with Crippen molar-refractivity contribution in [1.82, 2.24) is 5.32 Å². The van der Waals surface area contributed by atoms with E-state index in [-0.39, 0.29) is 19.0 Å². The Morgan fingerprint density at radius 2 is 1.50 bits per heavy atom. The fourth-order valence-electron chi connectivity index (χ4n) is 1.19. The lowest BCUT2D eigenvalue weighted by atomic mass is 10.1. The Kier molecular flexibility index (Phi) is 9.36. The summed E-state index contributed by atoms with van der Waals surface area (Å²) in [6.45, 7) is 9.86. The van der Waals surface area contributed by atoms with Gasteiger partial charge in [-0.05, 0) is 13.3 Å². The van der Waals surface area contributed by atoms with Gasteiger partial charge in [0, 0.05) is 12.6 Å². The van der Waals surface area contributed by atoms with Crippen LogP contribution in [0.4, 0.5) is 13.2 Å². The molecule has 0 saturated carbocycles. The Balaban J connectivity index is 0. The van der Waals surface area contributed by atoms with Crippen molar-refractivity contribution in [2.45, 2.75) is 53.3 Å². The topological polar surface area (TPSA) is 12.0 Å². The van der Waals surface area contributed by atoms with Crippen molar-refractivity contribution in [3.63, 3.8) is 0 Å². The second-order valence-corrected chi connectivity index (χ2v) is 2.78. The highest BCUT2D eigenvalue weighted by atomic mass is 19.4. The predicted octanol–water partition coefficient (Wildman–Crippen LogP) is 3.60. The van der Waals surface area contributed by atoms with Crippen LogP contribution in [-0.2, 0) is 0 Å². The fourth-order valence-corrected chi connectivity index (χ4v) is 1.19. The highest BCUT2D eigenvalue weighted by molar-refractivity contribution is 4.82. The molecule has 0 spiro atoms. The van der Waals surface area contributed by atoms with E-state index in [1.54, 1.807) is 6.92 Å². The molecule has 1 rings (SSSR count). The van der Waals surface area contributed by atoms with E-state index < -0.39 is 12.1 Å². The van der Waals surface area contributed by atoms with Gasteiger partial charge in [0.1, 0.15) is 0 Å². The Labute approximate surface area is 85.1 Å².